The molecule has 6 rings (SSSR count). The van der Waals surface area contributed by atoms with Gasteiger partial charge in [-0.2, -0.15) is 0 Å². The lowest BCUT2D eigenvalue weighted by Crippen LogP contribution is -2.13. The molecular weight excluding hydrogens is 424 g/mol. The van der Waals surface area contributed by atoms with E-state index < -0.39 is 0 Å². The van der Waals surface area contributed by atoms with E-state index >= 15 is 0 Å². The maximum Gasteiger partial charge on any atom is 0.339 e. The average molecular weight is 448 g/mol. The molecule has 0 N–H and O–H groups in total. The summed E-state index contributed by atoms with van der Waals surface area (Å²) in [5, 5.41) is 1.70. The Bertz CT molecular complexity index is 1270. The number of cyclic esters (lactones) is 1. The zero-order chi connectivity index (χ0) is 22.5. The van der Waals surface area contributed by atoms with Crippen molar-refractivity contribution in [2.24, 2.45) is 0 Å². The van der Waals surface area contributed by atoms with Crippen molar-refractivity contribution in [3.05, 3.63) is 41.5 Å². The van der Waals surface area contributed by atoms with Gasteiger partial charge in [-0.05, 0) is 60.9 Å². The van der Waals surface area contributed by atoms with Crippen LogP contribution in [-0.4, -0.2) is 33.1 Å². The first-order valence-electron chi connectivity index (χ1n) is 11.2. The highest BCUT2D eigenvalue weighted by Crippen LogP contribution is 2.49. The van der Waals surface area contributed by atoms with Crippen LogP contribution in [0.15, 0.2) is 30.3 Å². The summed E-state index contributed by atoms with van der Waals surface area (Å²) >= 11 is 0. The molecule has 1 fully saturated rings. The van der Waals surface area contributed by atoms with Gasteiger partial charge >= 0.3 is 5.97 Å². The Balaban J connectivity index is 1.67. The third-order valence-corrected chi connectivity index (χ3v) is 6.66. The highest BCUT2D eigenvalue weighted by atomic mass is 16.7. The zero-order valence-corrected chi connectivity index (χ0v) is 18.6. The average Bonchev–Trinajstić information content (AvgIpc) is 3.59. The largest absolute Gasteiger partial charge is 0.493 e. The van der Waals surface area contributed by atoms with Crippen LogP contribution in [0, 0.1) is 0 Å². The summed E-state index contributed by atoms with van der Waals surface area (Å²) in [6.07, 6.45) is 4.42. The third kappa shape index (κ3) is 3.14. The minimum Gasteiger partial charge on any atom is -0.493 e. The molecule has 33 heavy (non-hydrogen) atoms. The fraction of sp³-hybridized carbons (Fsp3) is 0.346. The van der Waals surface area contributed by atoms with Crippen LogP contribution in [0.3, 0.4) is 0 Å². The number of carbonyl (C=O) groups is 1. The maximum atomic E-state index is 13.0. The predicted molar refractivity (Wildman–Crippen MR) is 121 cm³/mol. The van der Waals surface area contributed by atoms with Gasteiger partial charge in [0.05, 0.1) is 25.9 Å². The van der Waals surface area contributed by atoms with E-state index in [9.17, 15) is 4.79 Å². The van der Waals surface area contributed by atoms with Crippen LogP contribution < -0.4 is 23.7 Å². The summed E-state index contributed by atoms with van der Waals surface area (Å²) in [5.41, 5.74) is 2.90. The van der Waals surface area contributed by atoms with Gasteiger partial charge in [-0.15, -0.1) is 0 Å². The Morgan fingerprint density at radius 3 is 2.33 bits per heavy atom. The first-order chi connectivity index (χ1) is 16.2. The second-order valence-electron chi connectivity index (χ2n) is 8.48. The molecule has 7 heteroatoms. The molecule has 3 aromatic rings. The Hall–Kier alpha value is -3.61. The van der Waals surface area contributed by atoms with E-state index in [1.54, 1.807) is 14.2 Å². The molecule has 0 aromatic heterocycles. The molecule has 170 valence electrons. The monoisotopic (exact) mass is 448 g/mol. The number of hydrogen-bond donors (Lipinski definition) is 0. The summed E-state index contributed by atoms with van der Waals surface area (Å²) in [7, 11) is 3.21. The number of hydrogen-bond acceptors (Lipinski definition) is 7. The van der Waals surface area contributed by atoms with E-state index in [4.69, 9.17) is 28.4 Å². The van der Waals surface area contributed by atoms with E-state index in [1.807, 2.05) is 30.3 Å². The molecule has 3 aliphatic rings. The molecule has 0 radical (unpaired) electrons. The lowest BCUT2D eigenvalue weighted by molar-refractivity contribution is 0.0534. The molecule has 0 unspecified atom stereocenters. The zero-order valence-electron chi connectivity index (χ0n) is 18.6. The number of carbonyl (C=O) groups excluding carboxylic acids is 1. The fourth-order valence-corrected chi connectivity index (χ4v) is 5.07. The van der Waals surface area contributed by atoms with Crippen LogP contribution in [0.25, 0.3) is 21.9 Å². The van der Waals surface area contributed by atoms with Crippen molar-refractivity contribution in [2.75, 3.05) is 21.0 Å². The fourth-order valence-electron chi connectivity index (χ4n) is 5.07. The Morgan fingerprint density at radius 2 is 1.58 bits per heavy atom. The van der Waals surface area contributed by atoms with Crippen molar-refractivity contribution in [3.8, 4) is 39.9 Å². The molecule has 1 aliphatic carbocycles. The van der Waals surface area contributed by atoms with Crippen LogP contribution in [0.5, 0.6) is 28.7 Å². The Morgan fingerprint density at radius 1 is 0.848 bits per heavy atom. The highest BCUT2D eigenvalue weighted by molar-refractivity contribution is 6.14. The van der Waals surface area contributed by atoms with Crippen molar-refractivity contribution in [1.29, 1.82) is 0 Å². The number of rotatable bonds is 5. The van der Waals surface area contributed by atoms with Crippen molar-refractivity contribution in [3.63, 3.8) is 0 Å². The van der Waals surface area contributed by atoms with Crippen LogP contribution in [0.2, 0.25) is 0 Å². The van der Waals surface area contributed by atoms with Gasteiger partial charge in [0.1, 0.15) is 12.4 Å². The van der Waals surface area contributed by atoms with Crippen molar-refractivity contribution in [2.45, 2.75) is 38.4 Å². The summed E-state index contributed by atoms with van der Waals surface area (Å²) in [4.78, 5) is 13.0. The van der Waals surface area contributed by atoms with E-state index in [0.717, 1.165) is 53.1 Å². The SMILES string of the molecule is COc1cc2c(OC3CCCC3)c3c(c(-c4ccc5c(c4)OCO5)c2cc1OC)C(=O)OC3. The maximum absolute atomic E-state index is 13.0. The van der Waals surface area contributed by atoms with E-state index in [-0.39, 0.29) is 25.5 Å². The molecule has 0 saturated heterocycles. The van der Waals surface area contributed by atoms with Crippen LogP contribution >= 0.6 is 0 Å². The van der Waals surface area contributed by atoms with Gasteiger partial charge in [-0.1, -0.05) is 6.07 Å². The Labute approximate surface area is 191 Å². The smallest absolute Gasteiger partial charge is 0.339 e. The van der Waals surface area contributed by atoms with Gasteiger partial charge in [0, 0.05) is 16.5 Å². The van der Waals surface area contributed by atoms with Crippen LogP contribution in [0.4, 0.5) is 0 Å². The summed E-state index contributed by atoms with van der Waals surface area (Å²) < 4.78 is 34.4. The minimum atomic E-state index is -0.356. The molecular formula is C26H24O7. The predicted octanol–water partition coefficient (Wildman–Crippen LogP) is 5.24. The molecule has 0 amide bonds. The minimum absolute atomic E-state index is 0.123. The van der Waals surface area contributed by atoms with Gasteiger partial charge in [0.15, 0.2) is 23.0 Å². The molecule has 7 nitrogen and oxygen atoms in total. The number of esters is 1. The van der Waals surface area contributed by atoms with Gasteiger partial charge in [-0.3, -0.25) is 0 Å². The van der Waals surface area contributed by atoms with Crippen LogP contribution in [-0.2, 0) is 11.3 Å². The topological polar surface area (TPSA) is 72.5 Å². The Kier molecular flexibility index (Phi) is 4.71. The molecule has 0 atom stereocenters. The van der Waals surface area contributed by atoms with Crippen molar-refractivity contribution in [1.82, 2.24) is 0 Å². The normalized spacial score (nSPS) is 16.7. The quantitative estimate of drug-likeness (QED) is 0.494. The summed E-state index contributed by atoms with van der Waals surface area (Å²) in [6, 6.07) is 9.53. The summed E-state index contributed by atoms with van der Waals surface area (Å²) in [6.45, 7) is 0.358. The van der Waals surface area contributed by atoms with Crippen LogP contribution in [0.1, 0.15) is 41.6 Å². The first-order valence-corrected chi connectivity index (χ1v) is 11.2. The molecule has 1 saturated carbocycles. The van der Waals surface area contributed by atoms with Crippen molar-refractivity contribution < 1.29 is 33.2 Å². The number of ether oxygens (including phenoxy) is 6. The molecule has 0 bridgehead atoms. The highest BCUT2D eigenvalue weighted by Gasteiger charge is 2.34. The van der Waals surface area contributed by atoms with Gasteiger partial charge in [-0.25, -0.2) is 4.79 Å². The van der Waals surface area contributed by atoms with E-state index in [0.29, 0.717) is 34.3 Å². The number of fused-ring (bicyclic) bond motifs is 3. The summed E-state index contributed by atoms with van der Waals surface area (Å²) in [5.74, 6) is 2.84. The number of methoxy groups -OCH3 is 2. The molecule has 3 aromatic carbocycles. The van der Waals surface area contributed by atoms with Gasteiger partial charge in [0.2, 0.25) is 6.79 Å². The standard InChI is InChI=1S/C26H24O7/c1-28-20-10-16-17(11-21(20)29-2)25(33-15-5-3-4-6-15)18-12-30-26(27)24(18)23(16)14-7-8-19-22(9-14)32-13-31-19/h7-11,15H,3-6,12-13H2,1-2H3. The van der Waals surface area contributed by atoms with E-state index in [1.165, 1.54) is 0 Å². The van der Waals surface area contributed by atoms with E-state index in [2.05, 4.69) is 0 Å². The first kappa shape index (κ1) is 20.0. The second-order valence-corrected chi connectivity index (χ2v) is 8.48. The number of benzene rings is 3. The van der Waals surface area contributed by atoms with Gasteiger partial charge < -0.3 is 28.4 Å². The lowest BCUT2D eigenvalue weighted by atomic mass is 9.89. The molecule has 0 spiro atoms. The van der Waals surface area contributed by atoms with Gasteiger partial charge in [0.25, 0.3) is 0 Å². The third-order valence-electron chi connectivity index (χ3n) is 6.66. The van der Waals surface area contributed by atoms with Crippen molar-refractivity contribution >= 4 is 16.7 Å². The second kappa shape index (κ2) is 7.76. The molecule has 2 aliphatic heterocycles. The molecule has 2 heterocycles. The lowest BCUT2D eigenvalue weighted by Gasteiger charge is -2.21.